The van der Waals surface area contributed by atoms with Gasteiger partial charge in [-0.1, -0.05) is 43.0 Å². The number of carbonyl (C=O) groups excluding carboxylic acids is 1. The zero-order chi connectivity index (χ0) is 22.5. The van der Waals surface area contributed by atoms with Crippen LogP contribution in [-0.2, 0) is 26.0 Å². The van der Waals surface area contributed by atoms with E-state index in [-0.39, 0.29) is 5.97 Å². The molecule has 0 aliphatic heterocycles. The Morgan fingerprint density at radius 3 is 2.48 bits per heavy atom. The summed E-state index contributed by atoms with van der Waals surface area (Å²) in [5, 5.41) is 0. The van der Waals surface area contributed by atoms with E-state index in [2.05, 4.69) is 15.8 Å². The highest BCUT2D eigenvalue weighted by atomic mass is 32.2. The number of carbonyl (C=O) groups is 1. The fourth-order valence-electron chi connectivity index (χ4n) is 3.56. The van der Waals surface area contributed by atoms with Gasteiger partial charge in [0.25, 0.3) is 0 Å². The summed E-state index contributed by atoms with van der Waals surface area (Å²) < 4.78 is 32.2. The summed E-state index contributed by atoms with van der Waals surface area (Å²) in [7, 11) is -2.05. The number of aryl methyl sites for hydroxylation is 2. The van der Waals surface area contributed by atoms with Crippen LogP contribution in [0.25, 0.3) is 0 Å². The van der Waals surface area contributed by atoms with Crippen LogP contribution in [0.3, 0.4) is 0 Å². The van der Waals surface area contributed by atoms with Crippen LogP contribution >= 0.6 is 0 Å². The smallest absolute Gasteiger partial charge is 0.305 e. The average molecular weight is 447 g/mol. The molecule has 1 N–H and O–H groups in total. The van der Waals surface area contributed by atoms with Crippen LogP contribution in [0.2, 0.25) is 0 Å². The molecule has 6 nitrogen and oxygen atoms in total. The lowest BCUT2D eigenvalue weighted by molar-refractivity contribution is -0.141. The molecular formula is C24H34N2O4S. The number of hydrogen-bond donors (Lipinski definition) is 1. The molecule has 0 spiro atoms. The minimum absolute atomic E-state index is 0.178. The van der Waals surface area contributed by atoms with Crippen LogP contribution in [-0.4, -0.2) is 33.0 Å². The first-order valence-corrected chi connectivity index (χ1v) is 12.4. The molecule has 0 aliphatic rings. The number of rotatable bonds is 14. The van der Waals surface area contributed by atoms with Crippen molar-refractivity contribution in [1.82, 2.24) is 9.71 Å². The number of methoxy groups -OCH3 is 1. The number of nitrogens with one attached hydrogen (secondary N) is 1. The molecule has 1 heterocycles. The summed E-state index contributed by atoms with van der Waals surface area (Å²) in [5.41, 5.74) is 2.25. The maximum absolute atomic E-state index is 12.4. The molecule has 170 valence electrons. The topological polar surface area (TPSA) is 85.4 Å². The van der Waals surface area contributed by atoms with E-state index in [0.29, 0.717) is 23.8 Å². The first-order chi connectivity index (χ1) is 14.9. The summed E-state index contributed by atoms with van der Waals surface area (Å²) in [6.07, 6.45) is 10.6. The second-order valence-corrected chi connectivity index (χ2v) is 9.71. The van der Waals surface area contributed by atoms with Crippen LogP contribution in [0.1, 0.15) is 56.1 Å². The first kappa shape index (κ1) is 25.0. The van der Waals surface area contributed by atoms with Crippen LogP contribution in [0.15, 0.2) is 53.7 Å². The molecule has 0 fully saturated rings. The van der Waals surface area contributed by atoms with Gasteiger partial charge < -0.3 is 4.74 Å². The largest absolute Gasteiger partial charge is 0.469 e. The molecule has 0 bridgehead atoms. The summed E-state index contributed by atoms with van der Waals surface area (Å²) in [5.74, 6) is 0.243. The van der Waals surface area contributed by atoms with E-state index >= 15 is 0 Å². The third-order valence-corrected chi connectivity index (χ3v) is 6.92. The Bertz CT molecular complexity index is 884. The predicted molar refractivity (Wildman–Crippen MR) is 122 cm³/mol. The third-order valence-electron chi connectivity index (χ3n) is 5.45. The Kier molecular flexibility index (Phi) is 10.7. The van der Waals surface area contributed by atoms with Gasteiger partial charge in [0.2, 0.25) is 10.0 Å². The van der Waals surface area contributed by atoms with Crippen molar-refractivity contribution in [3.63, 3.8) is 0 Å². The molecule has 1 aromatic carbocycles. The van der Waals surface area contributed by atoms with Crippen LogP contribution in [0.4, 0.5) is 0 Å². The molecule has 2 rings (SSSR count). The lowest BCUT2D eigenvalue weighted by Crippen LogP contribution is -2.24. The molecule has 0 aliphatic carbocycles. The summed E-state index contributed by atoms with van der Waals surface area (Å²) in [6.45, 7) is 2.34. The van der Waals surface area contributed by atoms with Crippen LogP contribution < -0.4 is 4.72 Å². The monoisotopic (exact) mass is 446 g/mol. The average Bonchev–Trinajstić information content (AvgIpc) is 2.77. The fourth-order valence-corrected chi connectivity index (χ4v) is 4.64. The van der Waals surface area contributed by atoms with Gasteiger partial charge >= 0.3 is 5.97 Å². The van der Waals surface area contributed by atoms with E-state index in [1.807, 2.05) is 19.2 Å². The van der Waals surface area contributed by atoms with Gasteiger partial charge in [0.1, 0.15) is 0 Å². The van der Waals surface area contributed by atoms with Crippen molar-refractivity contribution in [2.75, 3.05) is 13.7 Å². The van der Waals surface area contributed by atoms with Crippen molar-refractivity contribution in [1.29, 1.82) is 0 Å². The number of aromatic nitrogens is 1. The maximum atomic E-state index is 12.4. The number of esters is 1. The fraction of sp³-hybridized carbons (Fsp3) is 0.500. The maximum Gasteiger partial charge on any atom is 0.305 e. The second-order valence-electron chi connectivity index (χ2n) is 7.94. The Hall–Kier alpha value is -2.25. The number of sulfonamides is 1. The van der Waals surface area contributed by atoms with Crippen molar-refractivity contribution < 1.29 is 17.9 Å². The van der Waals surface area contributed by atoms with Crippen molar-refractivity contribution in [3.05, 3.63) is 59.9 Å². The Morgan fingerprint density at radius 1 is 1.06 bits per heavy atom. The highest BCUT2D eigenvalue weighted by Gasteiger charge is 2.14. The van der Waals surface area contributed by atoms with E-state index in [4.69, 9.17) is 4.74 Å². The molecule has 0 saturated heterocycles. The zero-order valence-corrected chi connectivity index (χ0v) is 19.4. The zero-order valence-electron chi connectivity index (χ0n) is 18.5. The third kappa shape index (κ3) is 9.61. The van der Waals surface area contributed by atoms with Crippen molar-refractivity contribution in [3.8, 4) is 0 Å². The minimum Gasteiger partial charge on any atom is -0.469 e. The number of unbranched alkanes of at least 4 members (excludes halogenated alkanes) is 1. The predicted octanol–water partition coefficient (Wildman–Crippen LogP) is 4.43. The van der Waals surface area contributed by atoms with Gasteiger partial charge in [0.15, 0.2) is 0 Å². The van der Waals surface area contributed by atoms with Gasteiger partial charge in [-0.05, 0) is 62.3 Å². The van der Waals surface area contributed by atoms with Gasteiger partial charge in [-0.2, -0.15) is 0 Å². The number of benzene rings is 1. The molecule has 0 saturated carbocycles. The van der Waals surface area contributed by atoms with E-state index in [1.54, 1.807) is 30.5 Å². The number of ether oxygens (including phenoxy) is 1. The Labute approximate surface area is 186 Å². The lowest BCUT2D eigenvalue weighted by Gasteiger charge is -2.16. The van der Waals surface area contributed by atoms with E-state index in [0.717, 1.165) is 50.5 Å². The molecule has 0 radical (unpaired) electrons. The van der Waals surface area contributed by atoms with E-state index in [9.17, 15) is 13.2 Å². The number of nitrogens with zero attached hydrogens (tertiary/aromatic N) is 1. The van der Waals surface area contributed by atoms with Crippen LogP contribution in [0.5, 0.6) is 0 Å². The van der Waals surface area contributed by atoms with Gasteiger partial charge in [-0.25, -0.2) is 13.1 Å². The minimum atomic E-state index is -3.46. The quantitative estimate of drug-likeness (QED) is 0.343. The summed E-state index contributed by atoms with van der Waals surface area (Å²) in [4.78, 5) is 16.0. The Balaban J connectivity index is 1.74. The van der Waals surface area contributed by atoms with E-state index < -0.39 is 10.0 Å². The first-order valence-electron chi connectivity index (χ1n) is 10.9. The second kappa shape index (κ2) is 13.2. The SMILES string of the molecule is COC(=O)CCC(CCCCNS(=O)(=O)c1ccc(C)cc1)CCCc1cccnc1. The Morgan fingerprint density at radius 2 is 1.81 bits per heavy atom. The normalized spacial score (nSPS) is 12.5. The lowest BCUT2D eigenvalue weighted by atomic mass is 9.91. The van der Waals surface area contributed by atoms with E-state index in [1.165, 1.54) is 12.7 Å². The molecule has 31 heavy (non-hydrogen) atoms. The molecular weight excluding hydrogens is 412 g/mol. The highest BCUT2D eigenvalue weighted by molar-refractivity contribution is 7.89. The number of pyridine rings is 1. The van der Waals surface area contributed by atoms with Gasteiger partial charge in [-0.3, -0.25) is 9.78 Å². The molecule has 1 aromatic heterocycles. The molecule has 1 unspecified atom stereocenters. The molecule has 7 heteroatoms. The van der Waals surface area contributed by atoms with Crippen molar-refractivity contribution in [2.45, 2.75) is 63.2 Å². The summed E-state index contributed by atoms with van der Waals surface area (Å²) >= 11 is 0. The van der Waals surface area contributed by atoms with Crippen molar-refractivity contribution >= 4 is 16.0 Å². The molecule has 2 aromatic rings. The van der Waals surface area contributed by atoms with Crippen molar-refractivity contribution in [2.24, 2.45) is 5.92 Å². The molecule has 1 atom stereocenters. The standard InChI is InChI=1S/C24H34N2O4S/c1-20-11-14-23(15-12-20)31(28,29)26-18-4-3-7-21(13-16-24(27)30-2)8-5-9-22-10-6-17-25-19-22/h6,10-12,14-15,17,19,21,26H,3-5,7-9,13,16,18H2,1-2H3. The number of hydrogen-bond acceptors (Lipinski definition) is 5. The van der Waals surface area contributed by atoms with Gasteiger partial charge in [0, 0.05) is 25.4 Å². The summed E-state index contributed by atoms with van der Waals surface area (Å²) in [6, 6.07) is 10.9. The molecule has 0 amide bonds. The van der Waals surface area contributed by atoms with Gasteiger partial charge in [0.05, 0.1) is 12.0 Å². The highest BCUT2D eigenvalue weighted by Crippen LogP contribution is 2.22. The van der Waals surface area contributed by atoms with Crippen LogP contribution in [0, 0.1) is 12.8 Å². The van der Waals surface area contributed by atoms with Gasteiger partial charge in [-0.15, -0.1) is 0 Å².